The molecular formula is C49H51O6PSSi. The monoisotopic (exact) mass is 826 g/mol. The van der Waals surface area contributed by atoms with Crippen molar-refractivity contribution in [3.63, 3.8) is 0 Å². The van der Waals surface area contributed by atoms with Crippen LogP contribution in [0, 0.1) is 0 Å². The molecule has 0 saturated carbocycles. The van der Waals surface area contributed by atoms with E-state index in [2.05, 4.69) is 101 Å². The van der Waals surface area contributed by atoms with E-state index >= 15 is 0 Å². The summed E-state index contributed by atoms with van der Waals surface area (Å²) in [5.74, 6) is 0.422. The van der Waals surface area contributed by atoms with Crippen molar-refractivity contribution in [3.05, 3.63) is 192 Å². The Morgan fingerprint density at radius 1 is 0.569 bits per heavy atom. The zero-order chi connectivity index (χ0) is 40.6. The smallest absolute Gasteiger partial charge is 0.399 e. The Bertz CT molecular complexity index is 2110. The Balaban J connectivity index is 1.36. The Hall–Kier alpha value is -4.24. The molecule has 6 nitrogen and oxygen atoms in total. The first-order valence-corrected chi connectivity index (χ1v) is 24.6. The van der Waals surface area contributed by atoms with Crippen molar-refractivity contribution in [2.45, 2.75) is 91.7 Å². The molecule has 2 aliphatic rings. The number of rotatable bonds is 10. The molecule has 8 rings (SSSR count). The summed E-state index contributed by atoms with van der Waals surface area (Å²) < 4.78 is 43.7. The van der Waals surface area contributed by atoms with Crippen LogP contribution in [0.1, 0.15) is 56.9 Å². The minimum absolute atomic E-state index is 0.0212. The second-order valence-electron chi connectivity index (χ2n) is 16.8. The van der Waals surface area contributed by atoms with E-state index in [1.165, 1.54) is 0 Å². The third-order valence-corrected chi connectivity index (χ3v) is 18.0. The number of hydrogen-bond acceptors (Lipinski definition) is 7. The summed E-state index contributed by atoms with van der Waals surface area (Å²) in [7, 11) is -4.42. The maximum absolute atomic E-state index is 7.62. The van der Waals surface area contributed by atoms with Crippen LogP contribution in [-0.4, -0.2) is 26.3 Å². The number of ether oxygens (including phenoxy) is 2. The van der Waals surface area contributed by atoms with E-state index in [9.17, 15) is 0 Å². The van der Waals surface area contributed by atoms with E-state index in [-0.39, 0.29) is 5.04 Å². The average Bonchev–Trinajstić information content (AvgIpc) is 3.51. The lowest BCUT2D eigenvalue weighted by molar-refractivity contribution is -0.175. The van der Waals surface area contributed by atoms with Gasteiger partial charge in [0.15, 0.2) is 17.0 Å². The Labute approximate surface area is 350 Å². The summed E-state index contributed by atoms with van der Waals surface area (Å²) in [6.45, 7) is 15.2. The van der Waals surface area contributed by atoms with Crippen LogP contribution in [0.2, 0.25) is 18.1 Å². The Morgan fingerprint density at radius 2 is 0.966 bits per heavy atom. The molecule has 6 aromatic carbocycles. The first kappa shape index (κ1) is 40.5. The van der Waals surface area contributed by atoms with Gasteiger partial charge in [0.05, 0.1) is 4.90 Å². The molecule has 0 aliphatic carbocycles. The van der Waals surface area contributed by atoms with Gasteiger partial charge in [0.1, 0.15) is 23.7 Å². The second kappa shape index (κ2) is 16.1. The maximum atomic E-state index is 7.62. The van der Waals surface area contributed by atoms with Gasteiger partial charge in [-0.25, -0.2) is 0 Å². The van der Waals surface area contributed by atoms with Gasteiger partial charge >= 0.3 is 8.60 Å². The van der Waals surface area contributed by atoms with Crippen LogP contribution in [-0.2, 0) is 29.7 Å². The molecule has 2 heterocycles. The molecule has 2 atom stereocenters. The normalized spacial score (nSPS) is 21.1. The largest absolute Gasteiger partial charge is 0.543 e. The van der Waals surface area contributed by atoms with E-state index in [0.717, 1.165) is 37.8 Å². The molecule has 2 saturated heterocycles. The lowest BCUT2D eigenvalue weighted by Crippen LogP contribution is -2.53. The molecule has 0 N–H and O–H groups in total. The zero-order valence-corrected chi connectivity index (χ0v) is 36.8. The van der Waals surface area contributed by atoms with Crippen molar-refractivity contribution in [2.24, 2.45) is 0 Å². The lowest BCUT2D eigenvalue weighted by atomic mass is 9.72. The van der Waals surface area contributed by atoms with Crippen LogP contribution in [0.3, 0.4) is 0 Å². The molecule has 0 radical (unpaired) electrons. The predicted octanol–water partition coefficient (Wildman–Crippen LogP) is 13.3. The van der Waals surface area contributed by atoms with Crippen LogP contribution >= 0.6 is 20.4 Å². The number of benzene rings is 6. The summed E-state index contributed by atoms with van der Waals surface area (Å²) in [5, 5.41) is 0.0212. The third-order valence-electron chi connectivity index (χ3n) is 11.4. The molecule has 0 spiro atoms. The van der Waals surface area contributed by atoms with E-state index in [1.807, 2.05) is 117 Å². The third kappa shape index (κ3) is 7.80. The fourth-order valence-corrected chi connectivity index (χ4v) is 11.1. The fourth-order valence-electron chi connectivity index (χ4n) is 7.54. The Kier molecular flexibility index (Phi) is 11.2. The molecular weight excluding hydrogens is 776 g/mol. The van der Waals surface area contributed by atoms with Crippen LogP contribution in [0.5, 0.6) is 11.5 Å². The van der Waals surface area contributed by atoms with Gasteiger partial charge in [0, 0.05) is 4.90 Å². The maximum Gasteiger partial charge on any atom is 0.399 e. The molecule has 298 valence electrons. The van der Waals surface area contributed by atoms with Crippen LogP contribution in [0.15, 0.2) is 180 Å². The van der Waals surface area contributed by atoms with Crippen molar-refractivity contribution in [1.29, 1.82) is 0 Å². The predicted molar refractivity (Wildman–Crippen MR) is 236 cm³/mol. The first-order chi connectivity index (χ1) is 27.8. The van der Waals surface area contributed by atoms with E-state index in [1.54, 1.807) is 11.8 Å². The summed E-state index contributed by atoms with van der Waals surface area (Å²) in [4.78, 5) is 1.95. The molecule has 2 aliphatic heterocycles. The van der Waals surface area contributed by atoms with Gasteiger partial charge in [-0.2, -0.15) is 0 Å². The molecule has 2 unspecified atom stereocenters. The zero-order valence-electron chi connectivity index (χ0n) is 34.1. The molecule has 6 aromatic rings. The molecule has 0 amide bonds. The van der Waals surface area contributed by atoms with Gasteiger partial charge < -0.3 is 18.4 Å². The second-order valence-corrected chi connectivity index (χ2v) is 23.6. The highest BCUT2D eigenvalue weighted by molar-refractivity contribution is 7.99. The van der Waals surface area contributed by atoms with Crippen LogP contribution in [0.25, 0.3) is 0 Å². The highest BCUT2D eigenvalue weighted by Gasteiger charge is 2.67. The summed E-state index contributed by atoms with van der Waals surface area (Å²) in [6, 6.07) is 57.5. The molecule has 0 aromatic heterocycles. The minimum atomic E-state index is -2.25. The van der Waals surface area contributed by atoms with Gasteiger partial charge in [-0.1, -0.05) is 172 Å². The van der Waals surface area contributed by atoms with Gasteiger partial charge in [0.2, 0.25) is 8.32 Å². The van der Waals surface area contributed by atoms with Crippen molar-refractivity contribution >= 4 is 28.7 Å². The van der Waals surface area contributed by atoms with E-state index in [4.69, 9.17) is 27.5 Å². The minimum Gasteiger partial charge on any atom is -0.543 e. The summed E-state index contributed by atoms with van der Waals surface area (Å²) in [6.07, 6.45) is -1.41. The van der Waals surface area contributed by atoms with Crippen LogP contribution in [0.4, 0.5) is 0 Å². The van der Waals surface area contributed by atoms with E-state index in [0.29, 0.717) is 5.75 Å². The van der Waals surface area contributed by atoms with Crippen molar-refractivity contribution in [3.8, 4) is 11.5 Å². The lowest BCUT2D eigenvalue weighted by Gasteiger charge is -2.41. The summed E-state index contributed by atoms with van der Waals surface area (Å²) >= 11 is 1.62. The van der Waals surface area contributed by atoms with Gasteiger partial charge in [0.25, 0.3) is 0 Å². The Morgan fingerprint density at radius 3 is 1.36 bits per heavy atom. The van der Waals surface area contributed by atoms with Gasteiger partial charge in [-0.15, -0.1) is 0 Å². The number of fused-ring (bicyclic) bond motifs is 1. The number of hydrogen-bond donors (Lipinski definition) is 0. The highest BCUT2D eigenvalue weighted by atomic mass is 32.2. The molecule has 58 heavy (non-hydrogen) atoms. The van der Waals surface area contributed by atoms with Crippen molar-refractivity contribution in [2.75, 3.05) is 0 Å². The van der Waals surface area contributed by atoms with Crippen LogP contribution < -0.4 is 8.95 Å². The van der Waals surface area contributed by atoms with Gasteiger partial charge in [-0.3, -0.25) is 9.05 Å². The average molecular weight is 827 g/mol. The standard InChI is InChI=1S/C49H51O6PSSi/c1-46(2,3)58(6,7)53-40-33-34-42(43(35-40)57-41-31-21-12-22-32-41)52-56-54-48(36-23-13-8-14-24-36,37-25-15-9-16-26-37)44-45(51-47(4,5)50-44)49(55-56,38-27-17-10-18-28-38)39-29-19-11-20-30-39/h8-35,44-45H,1-7H3. The fraction of sp³-hybridized carbons (Fsp3) is 0.265. The van der Waals surface area contributed by atoms with Crippen molar-refractivity contribution < 1.29 is 27.5 Å². The summed E-state index contributed by atoms with van der Waals surface area (Å²) in [5.41, 5.74) is 1.10. The molecule has 0 bridgehead atoms. The first-order valence-electron chi connectivity index (χ1n) is 19.8. The molecule has 9 heteroatoms. The topological polar surface area (TPSA) is 55.4 Å². The van der Waals surface area contributed by atoms with Gasteiger partial charge in [-0.05, 0) is 84.6 Å². The van der Waals surface area contributed by atoms with E-state index < -0.39 is 46.1 Å². The van der Waals surface area contributed by atoms with Crippen molar-refractivity contribution in [1.82, 2.24) is 0 Å². The highest BCUT2D eigenvalue weighted by Crippen LogP contribution is 2.65. The quantitative estimate of drug-likeness (QED) is 0.101. The molecule has 2 fully saturated rings. The SMILES string of the molecule is CC1(C)OC2C(O1)C(c1ccccc1)(c1ccccc1)OP(Oc1ccc(O[Si](C)(C)C(C)(C)C)cc1Sc1ccccc1)OC2(c1ccccc1)c1ccccc1.